The molecule has 0 bridgehead atoms. The minimum atomic E-state index is -0.488. The van der Waals surface area contributed by atoms with Gasteiger partial charge in [0.25, 0.3) is 5.91 Å². The van der Waals surface area contributed by atoms with Crippen molar-refractivity contribution in [1.29, 1.82) is 0 Å². The molecule has 0 aromatic heterocycles. The van der Waals surface area contributed by atoms with Crippen LogP contribution < -0.4 is 5.32 Å². The third-order valence-corrected chi connectivity index (χ3v) is 2.91. The predicted octanol–water partition coefficient (Wildman–Crippen LogP) is 2.39. The number of rotatable bonds is 5. The molecule has 0 aliphatic heterocycles. The zero-order valence-electron chi connectivity index (χ0n) is 11.0. The van der Waals surface area contributed by atoms with Crippen molar-refractivity contribution in [1.82, 2.24) is 5.32 Å². The largest absolute Gasteiger partial charge is 0.354 e. The van der Waals surface area contributed by atoms with Gasteiger partial charge in [0.15, 0.2) is 6.29 Å². The Morgan fingerprint density at radius 3 is 2.44 bits per heavy atom. The SMILES string of the molecule is COC(OC)C(C)NC(=O)c1ccc(C)cc1Cl. The smallest absolute Gasteiger partial charge is 0.253 e. The first-order chi connectivity index (χ1) is 8.49. The van der Waals surface area contributed by atoms with Crippen LogP contribution in [0.4, 0.5) is 0 Å². The Labute approximate surface area is 112 Å². The van der Waals surface area contributed by atoms with Gasteiger partial charge >= 0.3 is 0 Å². The second kappa shape index (κ2) is 6.73. The van der Waals surface area contributed by atoms with Crippen LogP contribution in [0.3, 0.4) is 0 Å². The maximum atomic E-state index is 12.0. The van der Waals surface area contributed by atoms with Crippen LogP contribution in [0.5, 0.6) is 0 Å². The molecule has 18 heavy (non-hydrogen) atoms. The minimum Gasteiger partial charge on any atom is -0.354 e. The predicted molar refractivity (Wildman–Crippen MR) is 70.9 cm³/mol. The average Bonchev–Trinajstić information content (AvgIpc) is 2.30. The van der Waals surface area contributed by atoms with E-state index in [4.69, 9.17) is 21.1 Å². The summed E-state index contributed by atoms with van der Waals surface area (Å²) < 4.78 is 10.2. The summed E-state index contributed by atoms with van der Waals surface area (Å²) in [5.41, 5.74) is 1.45. The highest BCUT2D eigenvalue weighted by Crippen LogP contribution is 2.17. The Hall–Kier alpha value is -1.10. The highest BCUT2D eigenvalue weighted by atomic mass is 35.5. The van der Waals surface area contributed by atoms with Crippen LogP contribution in [-0.2, 0) is 9.47 Å². The van der Waals surface area contributed by atoms with E-state index in [0.717, 1.165) is 5.56 Å². The van der Waals surface area contributed by atoms with Gasteiger partial charge in [-0.3, -0.25) is 4.79 Å². The van der Waals surface area contributed by atoms with Crippen molar-refractivity contribution >= 4 is 17.5 Å². The molecule has 0 aliphatic carbocycles. The fraction of sp³-hybridized carbons (Fsp3) is 0.462. The van der Waals surface area contributed by atoms with Crippen LogP contribution in [-0.4, -0.2) is 32.5 Å². The van der Waals surface area contributed by atoms with Gasteiger partial charge in [0.2, 0.25) is 0 Å². The number of methoxy groups -OCH3 is 2. The number of amides is 1. The van der Waals surface area contributed by atoms with Crippen molar-refractivity contribution in [3.8, 4) is 0 Å². The molecule has 4 nitrogen and oxygen atoms in total. The standard InChI is InChI=1S/C13H18ClNO3/c1-8-5-6-10(11(14)7-8)12(16)15-9(2)13(17-3)18-4/h5-7,9,13H,1-4H3,(H,15,16). The Bertz CT molecular complexity index is 419. The zero-order chi connectivity index (χ0) is 13.7. The van der Waals surface area contributed by atoms with Gasteiger partial charge in [-0.05, 0) is 31.5 Å². The molecule has 0 aliphatic rings. The van der Waals surface area contributed by atoms with Gasteiger partial charge in [-0.2, -0.15) is 0 Å². The Morgan fingerprint density at radius 2 is 1.94 bits per heavy atom. The summed E-state index contributed by atoms with van der Waals surface area (Å²) in [4.78, 5) is 12.0. The van der Waals surface area contributed by atoms with Crippen molar-refractivity contribution in [2.75, 3.05) is 14.2 Å². The highest BCUT2D eigenvalue weighted by molar-refractivity contribution is 6.33. The molecule has 100 valence electrons. The lowest BCUT2D eigenvalue weighted by molar-refractivity contribution is -0.117. The molecule has 1 atom stereocenters. The molecule has 1 N–H and O–H groups in total. The van der Waals surface area contributed by atoms with Crippen LogP contribution in [0, 0.1) is 6.92 Å². The maximum absolute atomic E-state index is 12.0. The lowest BCUT2D eigenvalue weighted by Gasteiger charge is -2.22. The molecule has 0 saturated heterocycles. The molecular weight excluding hydrogens is 254 g/mol. The summed E-state index contributed by atoms with van der Waals surface area (Å²) in [6.07, 6.45) is -0.488. The Balaban J connectivity index is 2.76. The van der Waals surface area contributed by atoms with Crippen LogP contribution in [0.25, 0.3) is 0 Å². The second-order valence-electron chi connectivity index (χ2n) is 4.09. The number of carbonyl (C=O) groups is 1. The molecule has 0 radical (unpaired) electrons. The summed E-state index contributed by atoms with van der Waals surface area (Å²) >= 11 is 6.03. The van der Waals surface area contributed by atoms with Crippen molar-refractivity contribution in [3.63, 3.8) is 0 Å². The molecular formula is C13H18ClNO3. The lowest BCUT2D eigenvalue weighted by Crippen LogP contribution is -2.43. The van der Waals surface area contributed by atoms with Crippen molar-refractivity contribution in [2.45, 2.75) is 26.2 Å². The van der Waals surface area contributed by atoms with E-state index in [1.165, 1.54) is 14.2 Å². The highest BCUT2D eigenvalue weighted by Gasteiger charge is 2.19. The van der Waals surface area contributed by atoms with E-state index < -0.39 is 6.29 Å². The number of benzene rings is 1. The number of halogens is 1. The third kappa shape index (κ3) is 3.70. The lowest BCUT2D eigenvalue weighted by atomic mass is 10.1. The summed E-state index contributed by atoms with van der Waals surface area (Å²) in [7, 11) is 3.05. The van der Waals surface area contributed by atoms with E-state index in [2.05, 4.69) is 5.32 Å². The fourth-order valence-electron chi connectivity index (χ4n) is 1.66. The average molecular weight is 272 g/mol. The quantitative estimate of drug-likeness (QED) is 0.837. The zero-order valence-corrected chi connectivity index (χ0v) is 11.7. The normalized spacial score (nSPS) is 12.6. The van der Waals surface area contributed by atoms with Crippen molar-refractivity contribution in [3.05, 3.63) is 34.3 Å². The fourth-order valence-corrected chi connectivity index (χ4v) is 1.98. The third-order valence-electron chi connectivity index (χ3n) is 2.60. The molecule has 0 fully saturated rings. The van der Waals surface area contributed by atoms with Gasteiger partial charge in [0.05, 0.1) is 16.6 Å². The first kappa shape index (κ1) is 15.0. The molecule has 0 spiro atoms. The first-order valence-corrected chi connectivity index (χ1v) is 6.00. The van der Waals surface area contributed by atoms with E-state index in [9.17, 15) is 4.79 Å². The van der Waals surface area contributed by atoms with Gasteiger partial charge in [0.1, 0.15) is 0 Å². The number of nitrogens with one attached hydrogen (secondary N) is 1. The number of carbonyl (C=O) groups excluding carboxylic acids is 1. The molecule has 1 rings (SSSR count). The van der Waals surface area contributed by atoms with Gasteiger partial charge in [-0.15, -0.1) is 0 Å². The summed E-state index contributed by atoms with van der Waals surface area (Å²) in [6.45, 7) is 3.72. The van der Waals surface area contributed by atoms with Crippen molar-refractivity contribution < 1.29 is 14.3 Å². The number of aryl methyl sites for hydroxylation is 1. The topological polar surface area (TPSA) is 47.6 Å². The Morgan fingerprint density at radius 1 is 1.33 bits per heavy atom. The van der Waals surface area contributed by atoms with Crippen LogP contribution in [0.15, 0.2) is 18.2 Å². The molecule has 1 aromatic rings. The molecule has 1 aromatic carbocycles. The molecule has 5 heteroatoms. The van der Waals surface area contributed by atoms with Gasteiger partial charge in [-0.1, -0.05) is 17.7 Å². The molecule has 0 heterocycles. The van der Waals surface area contributed by atoms with Crippen LogP contribution in [0.1, 0.15) is 22.8 Å². The van der Waals surface area contributed by atoms with Crippen LogP contribution in [0.2, 0.25) is 5.02 Å². The number of hydrogen-bond acceptors (Lipinski definition) is 3. The van der Waals surface area contributed by atoms with Crippen molar-refractivity contribution in [2.24, 2.45) is 0 Å². The molecule has 0 saturated carbocycles. The summed E-state index contributed by atoms with van der Waals surface area (Å²) in [5.74, 6) is -0.244. The summed E-state index contributed by atoms with van der Waals surface area (Å²) in [6, 6.07) is 5.03. The Kier molecular flexibility index (Phi) is 5.59. The van der Waals surface area contributed by atoms with E-state index in [1.54, 1.807) is 19.1 Å². The maximum Gasteiger partial charge on any atom is 0.253 e. The minimum absolute atomic E-state index is 0.244. The van der Waals surface area contributed by atoms with E-state index in [-0.39, 0.29) is 11.9 Å². The van der Waals surface area contributed by atoms with E-state index >= 15 is 0 Å². The van der Waals surface area contributed by atoms with Gasteiger partial charge in [-0.25, -0.2) is 0 Å². The van der Waals surface area contributed by atoms with Crippen LogP contribution >= 0.6 is 11.6 Å². The summed E-state index contributed by atoms with van der Waals surface area (Å²) in [5, 5.41) is 3.22. The molecule has 1 amide bonds. The van der Waals surface area contributed by atoms with E-state index in [0.29, 0.717) is 10.6 Å². The monoisotopic (exact) mass is 271 g/mol. The van der Waals surface area contributed by atoms with Gasteiger partial charge in [0, 0.05) is 14.2 Å². The van der Waals surface area contributed by atoms with E-state index in [1.807, 2.05) is 13.0 Å². The number of ether oxygens (including phenoxy) is 2. The molecule has 1 unspecified atom stereocenters. The number of hydrogen-bond donors (Lipinski definition) is 1. The van der Waals surface area contributed by atoms with Gasteiger partial charge < -0.3 is 14.8 Å². The first-order valence-electron chi connectivity index (χ1n) is 5.62. The second-order valence-corrected chi connectivity index (χ2v) is 4.49.